The summed E-state index contributed by atoms with van der Waals surface area (Å²) >= 11 is 0. The van der Waals surface area contributed by atoms with Gasteiger partial charge in [-0.05, 0) is 35.9 Å². The van der Waals surface area contributed by atoms with Gasteiger partial charge in [-0.1, -0.05) is 39.0 Å². The second kappa shape index (κ2) is 8.54. The highest BCUT2D eigenvalue weighted by Crippen LogP contribution is 2.32. The molecule has 0 saturated carbocycles. The molecule has 2 rings (SSSR count). The van der Waals surface area contributed by atoms with E-state index in [9.17, 15) is 26.4 Å². The Labute approximate surface area is 168 Å². The Balaban J connectivity index is 2.10. The summed E-state index contributed by atoms with van der Waals surface area (Å²) in [5.74, 6) is -0.447. The number of halogens is 3. The SMILES string of the molecule is CCNS(=O)(=O)c1ccc(C(=O)NCC(C)(C)c2cccc(C(F)(F)F)c2)cc1. The summed E-state index contributed by atoms with van der Waals surface area (Å²) in [6.45, 7) is 5.47. The summed E-state index contributed by atoms with van der Waals surface area (Å²) < 4.78 is 65.0. The second-order valence-electron chi connectivity index (χ2n) is 7.17. The van der Waals surface area contributed by atoms with Crippen LogP contribution in [0.4, 0.5) is 13.2 Å². The first kappa shape index (κ1) is 22.9. The molecule has 0 aliphatic heterocycles. The molecule has 0 aromatic heterocycles. The maximum atomic E-state index is 12.9. The minimum absolute atomic E-state index is 0.0418. The van der Waals surface area contributed by atoms with Crippen LogP contribution in [0.1, 0.15) is 42.3 Å². The molecule has 0 bridgehead atoms. The Morgan fingerprint density at radius 2 is 1.59 bits per heavy atom. The van der Waals surface area contributed by atoms with Crippen molar-refractivity contribution >= 4 is 15.9 Å². The Morgan fingerprint density at radius 3 is 2.14 bits per heavy atom. The van der Waals surface area contributed by atoms with E-state index in [2.05, 4.69) is 10.0 Å². The Morgan fingerprint density at radius 1 is 1.00 bits per heavy atom. The lowest BCUT2D eigenvalue weighted by molar-refractivity contribution is -0.137. The van der Waals surface area contributed by atoms with Gasteiger partial charge < -0.3 is 5.32 Å². The lowest BCUT2D eigenvalue weighted by atomic mass is 9.83. The maximum Gasteiger partial charge on any atom is 0.416 e. The van der Waals surface area contributed by atoms with E-state index in [1.807, 2.05) is 0 Å². The molecule has 9 heteroatoms. The number of nitrogens with one attached hydrogen (secondary N) is 2. The number of carbonyl (C=O) groups is 1. The average Bonchev–Trinajstić information content (AvgIpc) is 2.66. The molecular weight excluding hydrogens is 405 g/mol. The van der Waals surface area contributed by atoms with Gasteiger partial charge in [0.2, 0.25) is 10.0 Å². The van der Waals surface area contributed by atoms with Crippen molar-refractivity contribution in [2.45, 2.75) is 37.3 Å². The molecule has 0 radical (unpaired) electrons. The van der Waals surface area contributed by atoms with Crippen molar-refractivity contribution < 1.29 is 26.4 Å². The zero-order chi connectivity index (χ0) is 21.9. The third kappa shape index (κ3) is 5.80. The molecule has 2 aromatic rings. The van der Waals surface area contributed by atoms with E-state index in [4.69, 9.17) is 0 Å². The summed E-state index contributed by atoms with van der Waals surface area (Å²) in [6.07, 6.45) is -4.44. The lowest BCUT2D eigenvalue weighted by Crippen LogP contribution is -2.36. The second-order valence-corrected chi connectivity index (χ2v) is 8.94. The van der Waals surface area contributed by atoms with Crippen molar-refractivity contribution in [2.75, 3.05) is 13.1 Å². The van der Waals surface area contributed by atoms with E-state index in [1.165, 1.54) is 30.3 Å². The fraction of sp³-hybridized carbons (Fsp3) is 0.350. The smallest absolute Gasteiger partial charge is 0.351 e. The normalized spacial score (nSPS) is 12.6. The van der Waals surface area contributed by atoms with Crippen molar-refractivity contribution in [1.29, 1.82) is 0 Å². The van der Waals surface area contributed by atoms with Crippen LogP contribution in [-0.4, -0.2) is 27.4 Å². The van der Waals surface area contributed by atoms with Crippen molar-refractivity contribution in [2.24, 2.45) is 0 Å². The molecule has 0 saturated heterocycles. The quantitative estimate of drug-likeness (QED) is 0.706. The van der Waals surface area contributed by atoms with Gasteiger partial charge in [0.1, 0.15) is 0 Å². The molecule has 158 valence electrons. The standard InChI is InChI=1S/C20H23F3N2O3S/c1-4-25-29(27,28)17-10-8-14(9-11-17)18(26)24-13-19(2,3)15-6-5-7-16(12-15)20(21,22)23/h5-12,25H,4,13H2,1-3H3,(H,24,26). The Kier molecular flexibility index (Phi) is 6.74. The largest absolute Gasteiger partial charge is 0.416 e. The molecule has 0 fully saturated rings. The first-order valence-electron chi connectivity index (χ1n) is 8.92. The van der Waals surface area contributed by atoms with Gasteiger partial charge in [-0.15, -0.1) is 0 Å². The van der Waals surface area contributed by atoms with Crippen LogP contribution in [0, 0.1) is 0 Å². The predicted molar refractivity (Wildman–Crippen MR) is 104 cm³/mol. The molecule has 0 atom stereocenters. The van der Waals surface area contributed by atoms with Gasteiger partial charge >= 0.3 is 6.18 Å². The minimum atomic E-state index is -4.44. The fourth-order valence-corrected chi connectivity index (χ4v) is 3.72. The molecule has 0 spiro atoms. The molecular formula is C20H23F3N2O3S. The number of rotatable bonds is 7. The topological polar surface area (TPSA) is 75.3 Å². The van der Waals surface area contributed by atoms with Gasteiger partial charge in [0.05, 0.1) is 10.5 Å². The number of sulfonamides is 1. The molecule has 1 amide bonds. The molecule has 29 heavy (non-hydrogen) atoms. The Hall–Kier alpha value is -2.39. The number of hydrogen-bond acceptors (Lipinski definition) is 3. The molecule has 0 heterocycles. The van der Waals surface area contributed by atoms with Crippen LogP contribution in [0.5, 0.6) is 0 Å². The monoisotopic (exact) mass is 428 g/mol. The number of hydrogen-bond donors (Lipinski definition) is 2. The van der Waals surface area contributed by atoms with Gasteiger partial charge in [0.25, 0.3) is 5.91 Å². The zero-order valence-corrected chi connectivity index (χ0v) is 17.1. The molecule has 0 unspecified atom stereocenters. The summed E-state index contributed by atoms with van der Waals surface area (Å²) in [6, 6.07) is 10.4. The van der Waals surface area contributed by atoms with E-state index < -0.39 is 33.1 Å². The third-order valence-corrected chi connectivity index (χ3v) is 5.98. The molecule has 5 nitrogen and oxygen atoms in total. The van der Waals surface area contributed by atoms with Crippen LogP contribution < -0.4 is 10.0 Å². The van der Waals surface area contributed by atoms with E-state index in [0.717, 1.165) is 12.1 Å². The van der Waals surface area contributed by atoms with Crippen molar-refractivity contribution in [3.8, 4) is 0 Å². The molecule has 0 aliphatic rings. The maximum absolute atomic E-state index is 12.9. The van der Waals surface area contributed by atoms with Gasteiger partial charge in [-0.2, -0.15) is 13.2 Å². The highest BCUT2D eigenvalue weighted by molar-refractivity contribution is 7.89. The lowest BCUT2D eigenvalue weighted by Gasteiger charge is -2.26. The predicted octanol–water partition coefficient (Wildman–Crippen LogP) is 3.71. The summed E-state index contributed by atoms with van der Waals surface area (Å²) in [5.41, 5.74) is -0.794. The van der Waals surface area contributed by atoms with Crippen molar-refractivity contribution in [3.05, 3.63) is 65.2 Å². The zero-order valence-electron chi connectivity index (χ0n) is 16.3. The van der Waals surface area contributed by atoms with Crippen LogP contribution in [0.2, 0.25) is 0 Å². The molecule has 2 aromatic carbocycles. The van der Waals surface area contributed by atoms with Crippen LogP contribution in [0.15, 0.2) is 53.4 Å². The van der Waals surface area contributed by atoms with E-state index in [-0.39, 0.29) is 23.5 Å². The number of carbonyl (C=O) groups excluding carboxylic acids is 1. The van der Waals surface area contributed by atoms with E-state index in [0.29, 0.717) is 5.56 Å². The van der Waals surface area contributed by atoms with Gasteiger partial charge in [-0.3, -0.25) is 4.79 Å². The van der Waals surface area contributed by atoms with Crippen molar-refractivity contribution in [3.63, 3.8) is 0 Å². The van der Waals surface area contributed by atoms with E-state index >= 15 is 0 Å². The average molecular weight is 428 g/mol. The molecule has 0 aliphatic carbocycles. The number of alkyl halides is 3. The first-order chi connectivity index (χ1) is 13.4. The summed E-state index contributed by atoms with van der Waals surface area (Å²) in [5, 5.41) is 2.69. The van der Waals surface area contributed by atoms with Crippen LogP contribution in [0.3, 0.4) is 0 Å². The van der Waals surface area contributed by atoms with Crippen molar-refractivity contribution in [1.82, 2.24) is 10.0 Å². The van der Waals surface area contributed by atoms with Gasteiger partial charge in [0, 0.05) is 24.1 Å². The summed E-state index contributed by atoms with van der Waals surface area (Å²) in [4.78, 5) is 12.4. The van der Waals surface area contributed by atoms with Gasteiger partial charge in [0.15, 0.2) is 0 Å². The summed E-state index contributed by atoms with van der Waals surface area (Å²) in [7, 11) is -3.61. The highest BCUT2D eigenvalue weighted by Gasteiger charge is 2.32. The van der Waals surface area contributed by atoms with Gasteiger partial charge in [-0.25, -0.2) is 13.1 Å². The first-order valence-corrected chi connectivity index (χ1v) is 10.4. The highest BCUT2D eigenvalue weighted by atomic mass is 32.2. The van der Waals surface area contributed by atoms with Crippen LogP contribution in [-0.2, 0) is 21.6 Å². The van der Waals surface area contributed by atoms with Crippen LogP contribution >= 0.6 is 0 Å². The van der Waals surface area contributed by atoms with E-state index in [1.54, 1.807) is 26.8 Å². The number of benzene rings is 2. The fourth-order valence-electron chi connectivity index (χ4n) is 2.68. The van der Waals surface area contributed by atoms with Crippen LogP contribution in [0.25, 0.3) is 0 Å². The third-order valence-electron chi connectivity index (χ3n) is 4.42. The number of amides is 1. The molecule has 2 N–H and O–H groups in total. The minimum Gasteiger partial charge on any atom is -0.351 e. The Bertz CT molecular complexity index is 969.